The van der Waals surface area contributed by atoms with E-state index < -0.39 is 0 Å². The summed E-state index contributed by atoms with van der Waals surface area (Å²) in [5, 5.41) is 3.44. The molecule has 0 saturated heterocycles. The molecule has 0 aromatic heterocycles. The van der Waals surface area contributed by atoms with Crippen molar-refractivity contribution in [3.8, 4) is 0 Å². The second-order valence-corrected chi connectivity index (χ2v) is 3.90. The summed E-state index contributed by atoms with van der Waals surface area (Å²) >= 11 is 0. The molecule has 1 aliphatic rings. The Hall–Kier alpha value is -0.530. The van der Waals surface area contributed by atoms with Crippen LogP contribution in [0.25, 0.3) is 0 Å². The normalized spacial score (nSPS) is 15.3. The first-order chi connectivity index (χ1) is 6.29. The molecule has 0 atom stereocenters. The molecule has 0 spiro atoms. The highest BCUT2D eigenvalue weighted by atomic mass is 35.5. The number of nitrogens with one attached hydrogen (secondary N) is 1. The second kappa shape index (κ2) is 4.81. The predicted octanol–water partition coefficient (Wildman–Crippen LogP) is 2.41. The lowest BCUT2D eigenvalue weighted by molar-refractivity contribution is 0.710. The number of hydrogen-bond donors (Lipinski definition) is 1. The van der Waals surface area contributed by atoms with E-state index in [2.05, 4.69) is 31.3 Å². The van der Waals surface area contributed by atoms with Gasteiger partial charge in [0.15, 0.2) is 0 Å². The molecule has 1 aromatic carbocycles. The fourth-order valence-electron chi connectivity index (χ4n) is 2.07. The van der Waals surface area contributed by atoms with Crippen LogP contribution >= 0.6 is 12.4 Å². The van der Waals surface area contributed by atoms with E-state index >= 15 is 0 Å². The zero-order chi connectivity index (χ0) is 9.26. The molecule has 14 heavy (non-hydrogen) atoms. The SMILES string of the molecule is Cc1ccc2c(c1C)CCNCC2.Cl. The molecule has 0 amide bonds. The van der Waals surface area contributed by atoms with Crippen molar-refractivity contribution >= 4 is 12.4 Å². The van der Waals surface area contributed by atoms with Crippen LogP contribution in [0.3, 0.4) is 0 Å². The molecule has 0 unspecified atom stereocenters. The number of fused-ring (bicyclic) bond motifs is 1. The highest BCUT2D eigenvalue weighted by molar-refractivity contribution is 5.85. The lowest BCUT2D eigenvalue weighted by Crippen LogP contribution is -2.16. The Morgan fingerprint density at radius 3 is 2.57 bits per heavy atom. The molecular weight excluding hydrogens is 194 g/mol. The first-order valence-electron chi connectivity index (χ1n) is 5.07. The van der Waals surface area contributed by atoms with Crippen molar-refractivity contribution in [2.75, 3.05) is 13.1 Å². The van der Waals surface area contributed by atoms with Crippen LogP contribution in [0.1, 0.15) is 22.3 Å². The summed E-state index contributed by atoms with van der Waals surface area (Å²) in [5.41, 5.74) is 6.07. The third-order valence-electron chi connectivity index (χ3n) is 3.09. The molecule has 1 N–H and O–H groups in total. The van der Waals surface area contributed by atoms with E-state index in [4.69, 9.17) is 0 Å². The summed E-state index contributed by atoms with van der Waals surface area (Å²) in [5.74, 6) is 0. The Morgan fingerprint density at radius 2 is 1.79 bits per heavy atom. The summed E-state index contributed by atoms with van der Waals surface area (Å²) in [6.07, 6.45) is 2.39. The summed E-state index contributed by atoms with van der Waals surface area (Å²) in [4.78, 5) is 0. The van der Waals surface area contributed by atoms with E-state index in [-0.39, 0.29) is 12.4 Å². The van der Waals surface area contributed by atoms with Crippen LogP contribution < -0.4 is 5.32 Å². The van der Waals surface area contributed by atoms with Gasteiger partial charge >= 0.3 is 0 Å². The lowest BCUT2D eigenvalue weighted by atomic mass is 9.95. The monoisotopic (exact) mass is 211 g/mol. The maximum absolute atomic E-state index is 3.44. The van der Waals surface area contributed by atoms with Crippen LogP contribution in [-0.2, 0) is 12.8 Å². The van der Waals surface area contributed by atoms with Gasteiger partial charge in [0, 0.05) is 0 Å². The number of benzene rings is 1. The van der Waals surface area contributed by atoms with Crippen molar-refractivity contribution in [3.63, 3.8) is 0 Å². The van der Waals surface area contributed by atoms with E-state index in [1.165, 1.54) is 24.0 Å². The standard InChI is InChI=1S/C12H17N.ClH/c1-9-3-4-11-5-7-13-8-6-12(11)10(9)2;/h3-4,13H,5-8H2,1-2H3;1H. The minimum Gasteiger partial charge on any atom is -0.316 e. The highest BCUT2D eigenvalue weighted by Gasteiger charge is 2.10. The molecule has 0 bridgehead atoms. The molecule has 78 valence electrons. The van der Waals surface area contributed by atoms with Gasteiger partial charge < -0.3 is 5.32 Å². The summed E-state index contributed by atoms with van der Waals surface area (Å²) < 4.78 is 0. The van der Waals surface area contributed by atoms with Crippen LogP contribution in [0.15, 0.2) is 12.1 Å². The fraction of sp³-hybridized carbons (Fsp3) is 0.500. The maximum Gasteiger partial charge on any atom is -0.000802 e. The second-order valence-electron chi connectivity index (χ2n) is 3.90. The van der Waals surface area contributed by atoms with E-state index in [0.29, 0.717) is 0 Å². The maximum atomic E-state index is 3.44. The van der Waals surface area contributed by atoms with Crippen molar-refractivity contribution in [1.29, 1.82) is 0 Å². The van der Waals surface area contributed by atoms with Crippen LogP contribution in [0, 0.1) is 13.8 Å². The first kappa shape index (κ1) is 11.5. The van der Waals surface area contributed by atoms with E-state index in [0.717, 1.165) is 13.1 Å². The number of rotatable bonds is 0. The zero-order valence-electron chi connectivity index (χ0n) is 8.89. The Balaban J connectivity index is 0.000000980. The quantitative estimate of drug-likeness (QED) is 0.695. The van der Waals surface area contributed by atoms with Gasteiger partial charge in [-0.25, -0.2) is 0 Å². The average molecular weight is 212 g/mol. The van der Waals surface area contributed by atoms with E-state index in [1.54, 1.807) is 11.1 Å². The molecule has 1 aromatic rings. The zero-order valence-corrected chi connectivity index (χ0v) is 9.71. The largest absolute Gasteiger partial charge is 0.316 e. The van der Waals surface area contributed by atoms with Crippen LogP contribution in [0.2, 0.25) is 0 Å². The predicted molar refractivity (Wildman–Crippen MR) is 63.4 cm³/mol. The molecule has 0 fully saturated rings. The molecule has 1 nitrogen and oxygen atoms in total. The molecule has 0 saturated carbocycles. The smallest absolute Gasteiger partial charge is 0.000802 e. The van der Waals surface area contributed by atoms with Crippen LogP contribution in [-0.4, -0.2) is 13.1 Å². The van der Waals surface area contributed by atoms with Gasteiger partial charge in [-0.1, -0.05) is 12.1 Å². The molecule has 2 rings (SSSR count). The first-order valence-corrected chi connectivity index (χ1v) is 5.07. The summed E-state index contributed by atoms with van der Waals surface area (Å²) in [7, 11) is 0. The highest BCUT2D eigenvalue weighted by Crippen LogP contribution is 2.20. The molecule has 0 radical (unpaired) electrons. The van der Waals surface area contributed by atoms with Crippen molar-refractivity contribution in [2.45, 2.75) is 26.7 Å². The molecule has 0 aliphatic carbocycles. The van der Waals surface area contributed by atoms with Crippen molar-refractivity contribution in [1.82, 2.24) is 5.32 Å². The number of halogens is 1. The third kappa shape index (κ3) is 2.10. The molecular formula is C12H18ClN. The Bertz CT molecular complexity index is 320. The van der Waals surface area contributed by atoms with Crippen molar-refractivity contribution in [3.05, 3.63) is 34.4 Å². The van der Waals surface area contributed by atoms with Gasteiger partial charge in [0.1, 0.15) is 0 Å². The van der Waals surface area contributed by atoms with Gasteiger partial charge in [0.05, 0.1) is 0 Å². The van der Waals surface area contributed by atoms with E-state index in [1.807, 2.05) is 0 Å². The van der Waals surface area contributed by atoms with Gasteiger partial charge in [-0.3, -0.25) is 0 Å². The summed E-state index contributed by atoms with van der Waals surface area (Å²) in [6.45, 7) is 6.72. The number of hydrogen-bond acceptors (Lipinski definition) is 1. The minimum absolute atomic E-state index is 0. The van der Waals surface area contributed by atoms with Gasteiger partial charge in [-0.2, -0.15) is 0 Å². The minimum atomic E-state index is 0. The molecule has 2 heteroatoms. The third-order valence-corrected chi connectivity index (χ3v) is 3.09. The van der Waals surface area contributed by atoms with Crippen LogP contribution in [0.4, 0.5) is 0 Å². The Kier molecular flexibility index (Phi) is 3.97. The topological polar surface area (TPSA) is 12.0 Å². The molecule has 1 heterocycles. The van der Waals surface area contributed by atoms with Gasteiger partial charge in [0.2, 0.25) is 0 Å². The molecule has 1 aliphatic heterocycles. The average Bonchev–Trinajstić information content (AvgIpc) is 2.36. The van der Waals surface area contributed by atoms with Crippen molar-refractivity contribution in [2.24, 2.45) is 0 Å². The Morgan fingerprint density at radius 1 is 1.07 bits per heavy atom. The fourth-order valence-corrected chi connectivity index (χ4v) is 2.07. The van der Waals surface area contributed by atoms with Crippen molar-refractivity contribution < 1.29 is 0 Å². The van der Waals surface area contributed by atoms with Gasteiger partial charge in [-0.15, -0.1) is 12.4 Å². The Labute approximate surface area is 92.3 Å². The lowest BCUT2D eigenvalue weighted by Gasteiger charge is -2.11. The number of aryl methyl sites for hydroxylation is 1. The summed E-state index contributed by atoms with van der Waals surface area (Å²) in [6, 6.07) is 4.55. The van der Waals surface area contributed by atoms with Gasteiger partial charge in [0.25, 0.3) is 0 Å². The van der Waals surface area contributed by atoms with Gasteiger partial charge in [-0.05, 0) is 62.0 Å². The van der Waals surface area contributed by atoms with Crippen LogP contribution in [0.5, 0.6) is 0 Å². The van der Waals surface area contributed by atoms with E-state index in [9.17, 15) is 0 Å².